The van der Waals surface area contributed by atoms with Gasteiger partial charge < -0.3 is 16.0 Å². The van der Waals surface area contributed by atoms with Gasteiger partial charge in [-0.15, -0.1) is 0 Å². The molecule has 0 amide bonds. The van der Waals surface area contributed by atoms with Crippen LogP contribution < -0.4 is 11.1 Å². The number of rotatable bonds is 6. The zero-order valence-electron chi connectivity index (χ0n) is 15.1. The lowest BCUT2D eigenvalue weighted by atomic mass is 10.1. The first kappa shape index (κ1) is 18.0. The molecule has 3 N–H and O–H groups in total. The van der Waals surface area contributed by atoms with Crippen LogP contribution in [0.15, 0.2) is 47.5 Å². The van der Waals surface area contributed by atoms with E-state index in [0.29, 0.717) is 12.5 Å². The minimum Gasteiger partial charge on any atom is -0.370 e. The summed E-state index contributed by atoms with van der Waals surface area (Å²) in [4.78, 5) is 6.74. The summed E-state index contributed by atoms with van der Waals surface area (Å²) in [5, 5.41) is 3.17. The van der Waals surface area contributed by atoms with Crippen LogP contribution in [0.2, 0.25) is 0 Å². The Balaban J connectivity index is 2.00. The summed E-state index contributed by atoms with van der Waals surface area (Å²) in [6.45, 7) is 8.87. The molecule has 0 aromatic heterocycles. The minimum absolute atomic E-state index is 0.441. The van der Waals surface area contributed by atoms with E-state index in [2.05, 4.69) is 85.5 Å². The van der Waals surface area contributed by atoms with E-state index in [-0.39, 0.29) is 0 Å². The molecule has 0 bridgehead atoms. The standard InChI is InChI=1S/C20H28N4/c1-5-24(4)14-18-8-6-7-17(12-18)13-22-20(21)23-19-10-15(2)9-16(3)11-19/h6-12H,5,13-14H2,1-4H3,(H3,21,22,23). The van der Waals surface area contributed by atoms with Crippen molar-refractivity contribution in [2.45, 2.75) is 33.9 Å². The number of anilines is 1. The highest BCUT2D eigenvalue weighted by Gasteiger charge is 2.01. The number of nitrogens with one attached hydrogen (secondary N) is 1. The molecule has 0 spiro atoms. The molecule has 2 aromatic rings. The Labute approximate surface area is 145 Å². The normalized spacial score (nSPS) is 11.8. The molecular weight excluding hydrogens is 296 g/mol. The number of benzene rings is 2. The van der Waals surface area contributed by atoms with E-state index in [1.54, 1.807) is 0 Å². The Morgan fingerprint density at radius 1 is 1.08 bits per heavy atom. The first-order valence-electron chi connectivity index (χ1n) is 8.38. The second-order valence-corrected chi connectivity index (χ2v) is 6.35. The van der Waals surface area contributed by atoms with Gasteiger partial charge in [0.1, 0.15) is 0 Å². The smallest absolute Gasteiger partial charge is 0.193 e. The summed E-state index contributed by atoms with van der Waals surface area (Å²) in [6, 6.07) is 14.8. The Hall–Kier alpha value is -2.33. The van der Waals surface area contributed by atoms with Gasteiger partial charge in [-0.1, -0.05) is 37.3 Å². The average molecular weight is 324 g/mol. The number of aryl methyl sites for hydroxylation is 2. The zero-order chi connectivity index (χ0) is 17.5. The van der Waals surface area contributed by atoms with Crippen molar-refractivity contribution < 1.29 is 0 Å². The fraction of sp³-hybridized carbons (Fsp3) is 0.350. The molecule has 4 heteroatoms. The Morgan fingerprint density at radius 3 is 2.42 bits per heavy atom. The van der Waals surface area contributed by atoms with Gasteiger partial charge in [0.25, 0.3) is 0 Å². The first-order chi connectivity index (χ1) is 11.5. The van der Waals surface area contributed by atoms with Gasteiger partial charge in [0.05, 0.1) is 6.54 Å². The van der Waals surface area contributed by atoms with Crippen LogP contribution in [0.3, 0.4) is 0 Å². The third kappa shape index (κ3) is 5.70. The van der Waals surface area contributed by atoms with E-state index in [0.717, 1.165) is 18.8 Å². The zero-order valence-corrected chi connectivity index (χ0v) is 15.1. The molecule has 2 rings (SSSR count). The van der Waals surface area contributed by atoms with Gasteiger partial charge in [0.15, 0.2) is 5.96 Å². The van der Waals surface area contributed by atoms with Crippen LogP contribution in [0.1, 0.15) is 29.2 Å². The molecule has 0 aliphatic heterocycles. The second kappa shape index (κ2) is 8.50. The molecule has 0 saturated carbocycles. The lowest BCUT2D eigenvalue weighted by Gasteiger charge is -2.14. The molecule has 0 unspecified atom stereocenters. The Bertz CT molecular complexity index is 686. The van der Waals surface area contributed by atoms with Gasteiger partial charge in [-0.3, -0.25) is 0 Å². The van der Waals surface area contributed by atoms with Crippen LogP contribution in [0, 0.1) is 13.8 Å². The summed E-state index contributed by atoms with van der Waals surface area (Å²) in [7, 11) is 2.12. The molecule has 0 saturated heterocycles. The molecular formula is C20H28N4. The highest BCUT2D eigenvalue weighted by molar-refractivity contribution is 5.92. The highest BCUT2D eigenvalue weighted by atomic mass is 15.1. The number of hydrogen-bond acceptors (Lipinski definition) is 2. The summed E-state index contributed by atoms with van der Waals surface area (Å²) in [6.07, 6.45) is 0. The SMILES string of the molecule is CCN(C)Cc1cccc(CN=C(N)Nc2cc(C)cc(C)c2)c1. The van der Waals surface area contributed by atoms with E-state index < -0.39 is 0 Å². The van der Waals surface area contributed by atoms with Gasteiger partial charge in [-0.05, 0) is 61.8 Å². The van der Waals surface area contributed by atoms with Crippen molar-refractivity contribution in [3.05, 3.63) is 64.7 Å². The number of aliphatic imine (C=N–C) groups is 1. The molecule has 24 heavy (non-hydrogen) atoms. The van der Waals surface area contributed by atoms with Crippen molar-refractivity contribution in [2.24, 2.45) is 10.7 Å². The molecule has 0 aliphatic carbocycles. The van der Waals surface area contributed by atoms with E-state index in [1.165, 1.54) is 22.3 Å². The quantitative estimate of drug-likeness (QED) is 0.629. The molecule has 0 aliphatic rings. The van der Waals surface area contributed by atoms with Gasteiger partial charge in [-0.2, -0.15) is 0 Å². The lowest BCUT2D eigenvalue weighted by Crippen LogP contribution is -2.22. The number of nitrogens with zero attached hydrogens (tertiary/aromatic N) is 2. The summed E-state index contributed by atoms with van der Waals surface area (Å²) >= 11 is 0. The maximum atomic E-state index is 6.02. The van der Waals surface area contributed by atoms with Crippen LogP contribution >= 0.6 is 0 Å². The van der Waals surface area contributed by atoms with E-state index >= 15 is 0 Å². The topological polar surface area (TPSA) is 53.6 Å². The lowest BCUT2D eigenvalue weighted by molar-refractivity contribution is 0.345. The van der Waals surface area contributed by atoms with Crippen molar-refractivity contribution in [2.75, 3.05) is 18.9 Å². The summed E-state index contributed by atoms with van der Waals surface area (Å²) in [5.74, 6) is 0.441. The first-order valence-corrected chi connectivity index (χ1v) is 8.38. The van der Waals surface area contributed by atoms with Crippen molar-refractivity contribution in [1.29, 1.82) is 0 Å². The molecule has 0 heterocycles. The number of hydrogen-bond donors (Lipinski definition) is 2. The van der Waals surface area contributed by atoms with Gasteiger partial charge in [0, 0.05) is 12.2 Å². The van der Waals surface area contributed by atoms with Crippen molar-refractivity contribution >= 4 is 11.6 Å². The molecule has 2 aromatic carbocycles. The van der Waals surface area contributed by atoms with Crippen LogP contribution in [-0.4, -0.2) is 24.5 Å². The molecule has 0 radical (unpaired) electrons. The van der Waals surface area contributed by atoms with E-state index in [4.69, 9.17) is 5.73 Å². The maximum absolute atomic E-state index is 6.02. The Kier molecular flexibility index (Phi) is 6.38. The third-order valence-corrected chi connectivity index (χ3v) is 3.91. The monoisotopic (exact) mass is 324 g/mol. The van der Waals surface area contributed by atoms with Crippen LogP contribution in [0.4, 0.5) is 5.69 Å². The predicted molar refractivity (Wildman–Crippen MR) is 103 cm³/mol. The van der Waals surface area contributed by atoms with E-state index in [9.17, 15) is 0 Å². The van der Waals surface area contributed by atoms with Gasteiger partial charge in [0.2, 0.25) is 0 Å². The number of nitrogens with two attached hydrogens (primary N) is 1. The molecule has 0 atom stereocenters. The van der Waals surface area contributed by atoms with E-state index in [1.807, 2.05) is 0 Å². The van der Waals surface area contributed by atoms with Crippen LogP contribution in [0.5, 0.6) is 0 Å². The maximum Gasteiger partial charge on any atom is 0.193 e. The van der Waals surface area contributed by atoms with Crippen molar-refractivity contribution in [3.63, 3.8) is 0 Å². The average Bonchev–Trinajstić information content (AvgIpc) is 2.52. The Morgan fingerprint density at radius 2 is 1.75 bits per heavy atom. The predicted octanol–water partition coefficient (Wildman–Crippen LogP) is 3.68. The molecule has 4 nitrogen and oxygen atoms in total. The van der Waals surface area contributed by atoms with Crippen molar-refractivity contribution in [1.82, 2.24) is 4.90 Å². The minimum atomic E-state index is 0.441. The number of guanidine groups is 1. The summed E-state index contributed by atoms with van der Waals surface area (Å²) < 4.78 is 0. The fourth-order valence-corrected chi connectivity index (χ4v) is 2.66. The third-order valence-electron chi connectivity index (χ3n) is 3.91. The van der Waals surface area contributed by atoms with Crippen LogP contribution in [0.25, 0.3) is 0 Å². The van der Waals surface area contributed by atoms with Gasteiger partial charge in [-0.25, -0.2) is 4.99 Å². The largest absolute Gasteiger partial charge is 0.370 e. The van der Waals surface area contributed by atoms with Crippen molar-refractivity contribution in [3.8, 4) is 0 Å². The second-order valence-electron chi connectivity index (χ2n) is 6.35. The van der Waals surface area contributed by atoms with Gasteiger partial charge >= 0.3 is 0 Å². The molecule has 0 fully saturated rings. The molecule has 128 valence electrons. The summed E-state index contributed by atoms with van der Waals surface area (Å²) in [5.41, 5.74) is 11.9. The van der Waals surface area contributed by atoms with Crippen LogP contribution in [-0.2, 0) is 13.1 Å². The highest BCUT2D eigenvalue weighted by Crippen LogP contribution is 2.13. The fourth-order valence-electron chi connectivity index (χ4n) is 2.66.